The summed E-state index contributed by atoms with van der Waals surface area (Å²) in [5.41, 5.74) is 2.69. The molecule has 1 aromatic carbocycles. The molecule has 0 bridgehead atoms. The van der Waals surface area contributed by atoms with Crippen molar-refractivity contribution >= 4 is 10.9 Å². The number of hydrogen-bond acceptors (Lipinski definition) is 1. The molecule has 1 aliphatic rings. The number of piperidine rings is 1. The Morgan fingerprint density at radius 3 is 2.67 bits per heavy atom. The molecule has 18 heavy (non-hydrogen) atoms. The Bertz CT molecular complexity index is 519. The molecule has 1 fully saturated rings. The van der Waals surface area contributed by atoms with Crippen LogP contribution >= 0.6 is 0 Å². The van der Waals surface area contributed by atoms with Crippen molar-refractivity contribution in [1.82, 2.24) is 9.88 Å². The molecule has 2 heterocycles. The number of aromatic nitrogens is 1. The van der Waals surface area contributed by atoms with Crippen molar-refractivity contribution in [2.24, 2.45) is 0 Å². The van der Waals surface area contributed by atoms with Gasteiger partial charge in [-0.15, -0.1) is 0 Å². The Hall–Kier alpha value is -1.28. The fourth-order valence-corrected chi connectivity index (χ4v) is 3.25. The van der Waals surface area contributed by atoms with Crippen molar-refractivity contribution in [3.05, 3.63) is 36.0 Å². The van der Waals surface area contributed by atoms with Gasteiger partial charge in [-0.1, -0.05) is 24.6 Å². The molecule has 2 unspecified atom stereocenters. The van der Waals surface area contributed by atoms with E-state index in [9.17, 15) is 0 Å². The predicted molar refractivity (Wildman–Crippen MR) is 76.6 cm³/mol. The fourth-order valence-electron chi connectivity index (χ4n) is 3.25. The minimum absolute atomic E-state index is 0.711. The highest BCUT2D eigenvalue weighted by Gasteiger charge is 2.25. The number of aromatic amines is 1. The summed E-state index contributed by atoms with van der Waals surface area (Å²) in [4.78, 5) is 6.03. The second-order valence-corrected chi connectivity index (χ2v) is 5.66. The van der Waals surface area contributed by atoms with Gasteiger partial charge in [-0.05, 0) is 38.3 Å². The first kappa shape index (κ1) is 11.8. The van der Waals surface area contributed by atoms with Gasteiger partial charge in [0.2, 0.25) is 0 Å². The van der Waals surface area contributed by atoms with Crippen molar-refractivity contribution in [2.75, 3.05) is 0 Å². The molecule has 1 saturated heterocycles. The number of para-hydroxylation sites is 1. The van der Waals surface area contributed by atoms with Gasteiger partial charge in [-0.25, -0.2) is 0 Å². The van der Waals surface area contributed by atoms with Gasteiger partial charge in [0.05, 0.1) is 0 Å². The van der Waals surface area contributed by atoms with E-state index in [4.69, 9.17) is 0 Å². The topological polar surface area (TPSA) is 19.0 Å². The summed E-state index contributed by atoms with van der Waals surface area (Å²) in [7, 11) is 0. The van der Waals surface area contributed by atoms with E-state index in [2.05, 4.69) is 54.2 Å². The second-order valence-electron chi connectivity index (χ2n) is 5.66. The average Bonchev–Trinajstić information content (AvgIpc) is 2.77. The number of likely N-dealkylation sites (tertiary alicyclic amines) is 1. The van der Waals surface area contributed by atoms with Crippen LogP contribution in [-0.2, 0) is 6.54 Å². The Morgan fingerprint density at radius 2 is 1.89 bits per heavy atom. The van der Waals surface area contributed by atoms with Crippen LogP contribution in [0.4, 0.5) is 0 Å². The molecule has 0 spiro atoms. The van der Waals surface area contributed by atoms with Gasteiger partial charge in [0.1, 0.15) is 0 Å². The van der Waals surface area contributed by atoms with Crippen molar-refractivity contribution in [3.63, 3.8) is 0 Å². The van der Waals surface area contributed by atoms with Crippen LogP contribution in [0.25, 0.3) is 10.9 Å². The molecule has 0 aliphatic carbocycles. The van der Waals surface area contributed by atoms with Crippen LogP contribution in [0.5, 0.6) is 0 Å². The van der Waals surface area contributed by atoms with Crippen LogP contribution in [0.2, 0.25) is 0 Å². The second kappa shape index (κ2) is 4.77. The van der Waals surface area contributed by atoms with Crippen LogP contribution in [0.15, 0.2) is 30.5 Å². The molecular formula is C16H22N2. The number of fused-ring (bicyclic) bond motifs is 1. The lowest BCUT2D eigenvalue weighted by molar-refractivity contribution is 0.0957. The molecule has 0 radical (unpaired) electrons. The molecular weight excluding hydrogens is 220 g/mol. The summed E-state index contributed by atoms with van der Waals surface area (Å²) >= 11 is 0. The SMILES string of the molecule is CC1CCCC(C)N1Cc1c[nH]c2ccccc12. The van der Waals surface area contributed by atoms with Crippen molar-refractivity contribution in [1.29, 1.82) is 0 Å². The van der Waals surface area contributed by atoms with Gasteiger partial charge in [-0.3, -0.25) is 4.90 Å². The van der Waals surface area contributed by atoms with Crippen LogP contribution in [0.1, 0.15) is 38.7 Å². The van der Waals surface area contributed by atoms with E-state index in [0.717, 1.165) is 6.54 Å². The first-order valence-corrected chi connectivity index (χ1v) is 7.06. The van der Waals surface area contributed by atoms with Crippen molar-refractivity contribution < 1.29 is 0 Å². The van der Waals surface area contributed by atoms with Gasteiger partial charge >= 0.3 is 0 Å². The lowest BCUT2D eigenvalue weighted by Crippen LogP contribution is -2.42. The third-order valence-corrected chi connectivity index (χ3v) is 4.40. The van der Waals surface area contributed by atoms with E-state index >= 15 is 0 Å². The Kier molecular flexibility index (Phi) is 3.13. The van der Waals surface area contributed by atoms with E-state index in [1.807, 2.05) is 0 Å². The van der Waals surface area contributed by atoms with Gasteiger partial charge in [0.15, 0.2) is 0 Å². The number of rotatable bonds is 2. The molecule has 0 amide bonds. The number of hydrogen-bond donors (Lipinski definition) is 1. The smallest absolute Gasteiger partial charge is 0.0457 e. The zero-order valence-electron chi connectivity index (χ0n) is 11.3. The zero-order chi connectivity index (χ0) is 12.5. The minimum Gasteiger partial charge on any atom is -0.361 e. The summed E-state index contributed by atoms with van der Waals surface area (Å²) < 4.78 is 0. The summed E-state index contributed by atoms with van der Waals surface area (Å²) in [5, 5.41) is 1.38. The molecule has 0 saturated carbocycles. The number of benzene rings is 1. The van der Waals surface area contributed by atoms with Crippen LogP contribution in [0, 0.1) is 0 Å². The Labute approximate surface area is 109 Å². The van der Waals surface area contributed by atoms with E-state index in [-0.39, 0.29) is 0 Å². The van der Waals surface area contributed by atoms with Crippen molar-refractivity contribution in [3.8, 4) is 0 Å². The normalized spacial score (nSPS) is 25.7. The van der Waals surface area contributed by atoms with Gasteiger partial charge in [0.25, 0.3) is 0 Å². The van der Waals surface area contributed by atoms with Crippen LogP contribution in [-0.4, -0.2) is 22.0 Å². The molecule has 2 atom stereocenters. The molecule has 2 heteroatoms. The zero-order valence-corrected chi connectivity index (χ0v) is 11.3. The predicted octanol–water partition coefficient (Wildman–Crippen LogP) is 3.93. The van der Waals surface area contributed by atoms with Crippen molar-refractivity contribution in [2.45, 2.75) is 51.7 Å². The fraction of sp³-hybridized carbons (Fsp3) is 0.500. The molecule has 2 nitrogen and oxygen atoms in total. The Morgan fingerprint density at radius 1 is 1.17 bits per heavy atom. The highest BCUT2D eigenvalue weighted by molar-refractivity contribution is 5.82. The summed E-state index contributed by atoms with van der Waals surface area (Å²) in [5.74, 6) is 0. The van der Waals surface area contributed by atoms with Gasteiger partial charge in [-0.2, -0.15) is 0 Å². The van der Waals surface area contributed by atoms with Crippen LogP contribution in [0.3, 0.4) is 0 Å². The summed E-state index contributed by atoms with van der Waals surface area (Å²) in [6.07, 6.45) is 6.24. The third kappa shape index (κ3) is 2.05. The quantitative estimate of drug-likeness (QED) is 0.845. The molecule has 1 aromatic heterocycles. The molecule has 2 aromatic rings. The van der Waals surface area contributed by atoms with E-state index < -0.39 is 0 Å². The largest absolute Gasteiger partial charge is 0.361 e. The molecule has 3 rings (SSSR count). The molecule has 96 valence electrons. The lowest BCUT2D eigenvalue weighted by atomic mass is 9.96. The number of nitrogens with zero attached hydrogens (tertiary/aromatic N) is 1. The number of nitrogens with one attached hydrogen (secondary N) is 1. The summed E-state index contributed by atoms with van der Waals surface area (Å²) in [6, 6.07) is 10.0. The average molecular weight is 242 g/mol. The molecule has 1 N–H and O–H groups in total. The summed E-state index contributed by atoms with van der Waals surface area (Å²) in [6.45, 7) is 5.81. The Balaban J connectivity index is 1.87. The third-order valence-electron chi connectivity index (χ3n) is 4.40. The maximum atomic E-state index is 3.38. The maximum absolute atomic E-state index is 3.38. The van der Waals surface area contributed by atoms with E-state index in [1.165, 1.54) is 35.7 Å². The highest BCUT2D eigenvalue weighted by atomic mass is 15.2. The van der Waals surface area contributed by atoms with Gasteiger partial charge in [0, 0.05) is 35.7 Å². The van der Waals surface area contributed by atoms with Crippen LogP contribution < -0.4 is 0 Å². The van der Waals surface area contributed by atoms with E-state index in [0.29, 0.717) is 12.1 Å². The molecule has 1 aliphatic heterocycles. The van der Waals surface area contributed by atoms with E-state index in [1.54, 1.807) is 0 Å². The highest BCUT2D eigenvalue weighted by Crippen LogP contribution is 2.27. The monoisotopic (exact) mass is 242 g/mol. The maximum Gasteiger partial charge on any atom is 0.0457 e. The lowest BCUT2D eigenvalue weighted by Gasteiger charge is -2.38. The number of H-pyrrole nitrogens is 1. The first-order valence-electron chi connectivity index (χ1n) is 7.06. The minimum atomic E-state index is 0.711. The van der Waals surface area contributed by atoms with Gasteiger partial charge < -0.3 is 4.98 Å². The first-order chi connectivity index (χ1) is 8.75. The standard InChI is InChI=1S/C16H22N2/c1-12-6-5-7-13(2)18(12)11-14-10-17-16-9-4-3-8-15(14)16/h3-4,8-10,12-13,17H,5-7,11H2,1-2H3.